The fraction of sp³-hybridized carbons (Fsp3) is 0.261. The zero-order valence-electron chi connectivity index (χ0n) is 17.2. The normalized spacial score (nSPS) is 14.4. The second-order valence-corrected chi connectivity index (χ2v) is 8.46. The summed E-state index contributed by atoms with van der Waals surface area (Å²) in [5, 5.41) is 9.13. The van der Waals surface area contributed by atoms with E-state index in [1.807, 2.05) is 44.4 Å². The van der Waals surface area contributed by atoms with Crippen LogP contribution in [-0.4, -0.2) is 17.5 Å². The van der Waals surface area contributed by atoms with Crippen LogP contribution < -0.4 is 10.7 Å². The molecule has 0 spiro atoms. The lowest BCUT2D eigenvalue weighted by molar-refractivity contribution is 0.0957. The Morgan fingerprint density at radius 2 is 1.83 bits per heavy atom. The third kappa shape index (κ3) is 4.07. The van der Waals surface area contributed by atoms with Crippen LogP contribution in [-0.2, 0) is 6.42 Å². The molecule has 1 aliphatic rings. The van der Waals surface area contributed by atoms with Crippen molar-refractivity contribution in [3.63, 3.8) is 0 Å². The van der Waals surface area contributed by atoms with Gasteiger partial charge >= 0.3 is 0 Å². The summed E-state index contributed by atoms with van der Waals surface area (Å²) in [6.45, 7) is 5.85. The van der Waals surface area contributed by atoms with E-state index in [1.165, 1.54) is 11.3 Å². The standard InChI is InChI=1S/C23H23N3O3S/c1-13-10-14(2)12-16(11-13)24-23(28)21-15(3)20-17(6-4-7-18(20)29-21)25-26-22(27)19-8-5-9-30-19/h5,8-12H,4,6-7H2,1-3H3,(H,24,28)(H,26,27)/b25-17+. The van der Waals surface area contributed by atoms with Crippen molar-refractivity contribution in [2.75, 3.05) is 5.32 Å². The average molecular weight is 422 g/mol. The van der Waals surface area contributed by atoms with Crippen LogP contribution in [0.5, 0.6) is 0 Å². The van der Waals surface area contributed by atoms with Crippen molar-refractivity contribution in [1.29, 1.82) is 0 Å². The van der Waals surface area contributed by atoms with Gasteiger partial charge in [0.2, 0.25) is 0 Å². The molecular weight excluding hydrogens is 398 g/mol. The first-order chi connectivity index (χ1) is 14.4. The molecule has 0 bridgehead atoms. The molecule has 0 aliphatic heterocycles. The number of hydrogen-bond donors (Lipinski definition) is 2. The number of benzene rings is 1. The quantitative estimate of drug-likeness (QED) is 0.582. The number of carbonyl (C=O) groups is 2. The topological polar surface area (TPSA) is 83.7 Å². The number of carbonyl (C=O) groups excluding carboxylic acids is 2. The van der Waals surface area contributed by atoms with Crippen molar-refractivity contribution in [2.24, 2.45) is 5.10 Å². The van der Waals surface area contributed by atoms with Gasteiger partial charge in [0, 0.05) is 23.2 Å². The second kappa shape index (κ2) is 8.28. The summed E-state index contributed by atoms with van der Waals surface area (Å²) in [6, 6.07) is 9.49. The van der Waals surface area contributed by atoms with E-state index < -0.39 is 0 Å². The Hall–Kier alpha value is -3.19. The molecule has 2 heterocycles. The Bertz CT molecular complexity index is 1120. The van der Waals surface area contributed by atoms with Crippen LogP contribution in [0.25, 0.3) is 0 Å². The molecule has 0 saturated carbocycles. The highest BCUT2D eigenvalue weighted by molar-refractivity contribution is 7.12. The minimum atomic E-state index is -0.283. The maximum Gasteiger partial charge on any atom is 0.291 e. The van der Waals surface area contributed by atoms with Gasteiger partial charge in [-0.3, -0.25) is 9.59 Å². The predicted octanol–water partition coefficient (Wildman–Crippen LogP) is 4.99. The first-order valence-corrected chi connectivity index (χ1v) is 10.7. The van der Waals surface area contributed by atoms with E-state index in [0.717, 1.165) is 58.7 Å². The molecule has 7 heteroatoms. The molecule has 1 aliphatic carbocycles. The summed E-state index contributed by atoms with van der Waals surface area (Å²) in [7, 11) is 0. The Morgan fingerprint density at radius 1 is 1.07 bits per heavy atom. The number of rotatable bonds is 4. The third-order valence-corrected chi connectivity index (χ3v) is 5.92. The Balaban J connectivity index is 1.58. The SMILES string of the molecule is Cc1cc(C)cc(NC(=O)c2oc3c(c2C)/C(=N/NC(=O)c2cccs2)CCC3)c1. The zero-order chi connectivity index (χ0) is 21.3. The number of aryl methyl sites for hydroxylation is 3. The molecule has 4 rings (SSSR count). The van der Waals surface area contributed by atoms with Gasteiger partial charge in [0.25, 0.3) is 11.8 Å². The number of fused-ring (bicyclic) bond motifs is 1. The molecule has 0 radical (unpaired) electrons. The number of hydrogen-bond acceptors (Lipinski definition) is 5. The van der Waals surface area contributed by atoms with Gasteiger partial charge in [-0.1, -0.05) is 12.1 Å². The summed E-state index contributed by atoms with van der Waals surface area (Å²) in [4.78, 5) is 25.7. The lowest BCUT2D eigenvalue weighted by atomic mass is 9.93. The maximum absolute atomic E-state index is 12.9. The molecule has 30 heavy (non-hydrogen) atoms. The monoisotopic (exact) mass is 421 g/mol. The van der Waals surface area contributed by atoms with Gasteiger partial charge in [-0.15, -0.1) is 11.3 Å². The summed E-state index contributed by atoms with van der Waals surface area (Å²) < 4.78 is 5.94. The smallest absolute Gasteiger partial charge is 0.291 e. The van der Waals surface area contributed by atoms with Gasteiger partial charge < -0.3 is 9.73 Å². The number of thiophene rings is 1. The van der Waals surface area contributed by atoms with Gasteiger partial charge in [0.1, 0.15) is 5.76 Å². The molecule has 0 fully saturated rings. The van der Waals surface area contributed by atoms with Crippen LogP contribution >= 0.6 is 11.3 Å². The summed E-state index contributed by atoms with van der Waals surface area (Å²) in [5.74, 6) is 0.513. The fourth-order valence-electron chi connectivity index (χ4n) is 3.81. The molecule has 2 amide bonds. The van der Waals surface area contributed by atoms with Crippen molar-refractivity contribution in [3.8, 4) is 0 Å². The highest BCUT2D eigenvalue weighted by atomic mass is 32.1. The molecule has 0 saturated heterocycles. The lowest BCUT2D eigenvalue weighted by Crippen LogP contribution is -2.21. The number of amides is 2. The van der Waals surface area contributed by atoms with Crippen LogP contribution in [0.1, 0.15) is 61.1 Å². The van der Waals surface area contributed by atoms with E-state index in [9.17, 15) is 9.59 Å². The van der Waals surface area contributed by atoms with E-state index in [2.05, 4.69) is 21.9 Å². The largest absolute Gasteiger partial charge is 0.455 e. The van der Waals surface area contributed by atoms with Gasteiger partial charge in [0.15, 0.2) is 5.76 Å². The molecular formula is C23H23N3O3S. The van der Waals surface area contributed by atoms with Crippen molar-refractivity contribution in [2.45, 2.75) is 40.0 Å². The molecule has 0 atom stereocenters. The van der Waals surface area contributed by atoms with E-state index >= 15 is 0 Å². The summed E-state index contributed by atoms with van der Waals surface area (Å²) in [5.41, 5.74) is 7.85. The van der Waals surface area contributed by atoms with Gasteiger partial charge in [-0.2, -0.15) is 5.10 Å². The number of nitrogens with one attached hydrogen (secondary N) is 2. The van der Waals surface area contributed by atoms with Crippen molar-refractivity contribution >= 4 is 34.6 Å². The number of furan rings is 1. The van der Waals surface area contributed by atoms with Crippen LogP contribution in [0.4, 0.5) is 5.69 Å². The zero-order valence-corrected chi connectivity index (χ0v) is 18.0. The molecule has 2 N–H and O–H groups in total. The van der Waals surface area contributed by atoms with E-state index in [4.69, 9.17) is 4.42 Å². The molecule has 6 nitrogen and oxygen atoms in total. The number of anilines is 1. The average Bonchev–Trinajstić information content (AvgIpc) is 3.34. The predicted molar refractivity (Wildman–Crippen MR) is 119 cm³/mol. The number of nitrogens with zero attached hydrogens (tertiary/aromatic N) is 1. The highest BCUT2D eigenvalue weighted by Gasteiger charge is 2.28. The van der Waals surface area contributed by atoms with Crippen molar-refractivity contribution in [1.82, 2.24) is 5.43 Å². The van der Waals surface area contributed by atoms with Crippen molar-refractivity contribution in [3.05, 3.63) is 74.4 Å². The summed E-state index contributed by atoms with van der Waals surface area (Å²) in [6.07, 6.45) is 2.31. The lowest BCUT2D eigenvalue weighted by Gasteiger charge is -2.13. The van der Waals surface area contributed by atoms with Gasteiger partial charge in [0.05, 0.1) is 10.6 Å². The van der Waals surface area contributed by atoms with E-state index in [1.54, 1.807) is 6.07 Å². The van der Waals surface area contributed by atoms with Crippen molar-refractivity contribution < 1.29 is 14.0 Å². The Kier molecular flexibility index (Phi) is 5.55. The molecule has 0 unspecified atom stereocenters. The molecule has 1 aromatic carbocycles. The minimum Gasteiger partial charge on any atom is -0.455 e. The van der Waals surface area contributed by atoms with E-state index in [0.29, 0.717) is 10.6 Å². The number of hydrazone groups is 1. The van der Waals surface area contributed by atoms with E-state index in [-0.39, 0.29) is 11.8 Å². The van der Waals surface area contributed by atoms with Crippen LogP contribution in [0.2, 0.25) is 0 Å². The van der Waals surface area contributed by atoms with Gasteiger partial charge in [-0.25, -0.2) is 5.43 Å². The third-order valence-electron chi connectivity index (χ3n) is 5.05. The van der Waals surface area contributed by atoms with Gasteiger partial charge in [-0.05, 0) is 68.3 Å². The fourth-order valence-corrected chi connectivity index (χ4v) is 4.43. The minimum absolute atomic E-state index is 0.237. The first kappa shape index (κ1) is 20.1. The summed E-state index contributed by atoms with van der Waals surface area (Å²) >= 11 is 1.36. The molecule has 154 valence electrons. The van der Waals surface area contributed by atoms with Crippen LogP contribution in [0, 0.1) is 20.8 Å². The van der Waals surface area contributed by atoms with Crippen LogP contribution in [0.3, 0.4) is 0 Å². The first-order valence-electron chi connectivity index (χ1n) is 9.85. The maximum atomic E-state index is 12.9. The molecule has 3 aromatic rings. The van der Waals surface area contributed by atoms with Crippen LogP contribution in [0.15, 0.2) is 45.2 Å². The second-order valence-electron chi connectivity index (χ2n) is 7.52. The Morgan fingerprint density at radius 3 is 2.53 bits per heavy atom. The Labute approximate surface area is 179 Å². The highest BCUT2D eigenvalue weighted by Crippen LogP contribution is 2.30. The molecule has 2 aromatic heterocycles.